The van der Waals surface area contributed by atoms with Gasteiger partial charge >= 0.3 is 0 Å². The lowest BCUT2D eigenvalue weighted by molar-refractivity contribution is 0.0817. The van der Waals surface area contributed by atoms with Crippen LogP contribution in [0.15, 0.2) is 0 Å². The average molecular weight is 215 g/mol. The first-order valence-electron chi connectivity index (χ1n) is 7.05. The molecular weight excluding hydrogens is 189 g/mol. The largest absolute Gasteiger partial charge is 0.290 e. The smallest absolute Gasteiger partial charge is 0.115 e. The van der Waals surface area contributed by atoms with E-state index < -0.39 is 18.1 Å². The Hall–Kier alpha value is -0.110. The molecule has 0 N–H and O–H groups in total. The molecule has 0 aromatic carbocycles. The first kappa shape index (κ1) is 8.98. The number of rotatable bonds is 2. The number of fused-ring (bicyclic) bond motifs is 1. The third kappa shape index (κ3) is 1.82. The van der Waals surface area contributed by atoms with Crippen LogP contribution in [-0.2, 0) is 0 Å². The van der Waals surface area contributed by atoms with Crippen molar-refractivity contribution in [1.29, 1.82) is 0 Å². The highest BCUT2D eigenvalue weighted by atomic mass is 19.1. The number of hydrogen-bond acceptors (Lipinski definition) is 1. The number of alkyl halides is 1. The summed E-state index contributed by atoms with van der Waals surface area (Å²) in [4.78, 5) is 2.12. The first-order valence-corrected chi connectivity index (χ1v) is 6.05. The molecule has 2 saturated heterocycles. The lowest BCUT2D eigenvalue weighted by Gasteiger charge is -2.39. The molecule has 0 saturated carbocycles. The Kier molecular flexibility index (Phi) is 2.06. The summed E-state index contributed by atoms with van der Waals surface area (Å²) in [7, 11) is 0. The van der Waals surface area contributed by atoms with Gasteiger partial charge in [-0.15, -0.1) is 0 Å². The van der Waals surface area contributed by atoms with Gasteiger partial charge in [0, 0.05) is 20.4 Å². The molecule has 2 aliphatic heterocycles. The minimum Gasteiger partial charge on any atom is -0.290 e. The lowest BCUT2D eigenvalue weighted by Crippen LogP contribution is -2.47. The summed E-state index contributed by atoms with van der Waals surface area (Å²) in [5.74, 6) is -0.0794. The van der Waals surface area contributed by atoms with Crippen molar-refractivity contribution < 1.29 is 7.13 Å². The van der Waals surface area contributed by atoms with Gasteiger partial charge in [-0.3, -0.25) is 4.90 Å². The summed E-state index contributed by atoms with van der Waals surface area (Å²) in [6.45, 7) is 8.44. The Morgan fingerprint density at radius 2 is 2.13 bits per heavy atom. The third-order valence-corrected chi connectivity index (χ3v) is 3.89. The van der Waals surface area contributed by atoms with Crippen LogP contribution in [0.25, 0.3) is 0 Å². The van der Waals surface area contributed by atoms with Crippen LogP contribution in [0.5, 0.6) is 0 Å². The van der Waals surface area contributed by atoms with E-state index in [1.165, 1.54) is 0 Å². The standard InChI is InChI=1S/C13H24FN/c1-10(2)7-13-6-5-12(3,4)15(13)9-11(14)8-13/h10-11H,5-9H2,1-4H3/t11-,13-/m1/s1/i7D2. The highest BCUT2D eigenvalue weighted by Crippen LogP contribution is 2.50. The second kappa shape index (κ2) is 3.44. The van der Waals surface area contributed by atoms with Gasteiger partial charge in [-0.1, -0.05) is 13.8 Å². The van der Waals surface area contributed by atoms with Crippen molar-refractivity contribution in [3.8, 4) is 0 Å². The molecule has 0 bridgehead atoms. The van der Waals surface area contributed by atoms with E-state index in [1.807, 2.05) is 13.8 Å². The second-order valence-electron chi connectivity index (χ2n) is 6.06. The van der Waals surface area contributed by atoms with Gasteiger partial charge < -0.3 is 0 Å². The monoisotopic (exact) mass is 215 g/mol. The molecule has 2 heteroatoms. The van der Waals surface area contributed by atoms with E-state index in [1.54, 1.807) is 0 Å². The highest BCUT2D eigenvalue weighted by Gasteiger charge is 2.55. The molecule has 2 rings (SSSR count). The molecule has 88 valence electrons. The van der Waals surface area contributed by atoms with Crippen LogP contribution in [-0.4, -0.2) is 28.7 Å². The zero-order valence-electron chi connectivity index (χ0n) is 12.3. The molecule has 2 heterocycles. The number of hydrogen-bond donors (Lipinski definition) is 0. The summed E-state index contributed by atoms with van der Waals surface area (Å²) >= 11 is 0. The van der Waals surface area contributed by atoms with E-state index in [0.717, 1.165) is 12.8 Å². The van der Waals surface area contributed by atoms with Crippen molar-refractivity contribution in [2.24, 2.45) is 5.92 Å². The summed E-state index contributed by atoms with van der Waals surface area (Å²) in [6, 6.07) is 0. The van der Waals surface area contributed by atoms with Gasteiger partial charge in [0.1, 0.15) is 6.17 Å². The van der Waals surface area contributed by atoms with Crippen molar-refractivity contribution in [2.45, 2.75) is 70.6 Å². The predicted molar refractivity (Wildman–Crippen MR) is 61.7 cm³/mol. The molecule has 15 heavy (non-hydrogen) atoms. The zero-order valence-corrected chi connectivity index (χ0v) is 10.3. The zero-order chi connectivity index (χ0) is 13.1. The molecule has 2 aliphatic rings. The fourth-order valence-electron chi connectivity index (χ4n) is 3.37. The summed E-state index contributed by atoms with van der Waals surface area (Å²) in [5, 5.41) is 0. The fraction of sp³-hybridized carbons (Fsp3) is 1.00. The maximum atomic E-state index is 13.8. The average Bonchev–Trinajstić information content (AvgIpc) is 2.64. The van der Waals surface area contributed by atoms with Gasteiger partial charge in [0.25, 0.3) is 0 Å². The van der Waals surface area contributed by atoms with Gasteiger partial charge in [0.05, 0.1) is 0 Å². The van der Waals surface area contributed by atoms with E-state index in [0.29, 0.717) is 13.0 Å². The molecule has 1 nitrogen and oxygen atoms in total. The molecule has 0 unspecified atom stereocenters. The van der Waals surface area contributed by atoms with Gasteiger partial charge in [0.2, 0.25) is 0 Å². The Bertz CT molecular complexity index is 317. The van der Waals surface area contributed by atoms with Crippen molar-refractivity contribution in [3.05, 3.63) is 0 Å². The Balaban J connectivity index is 2.42. The lowest BCUT2D eigenvalue weighted by atomic mass is 9.85. The Morgan fingerprint density at radius 1 is 1.47 bits per heavy atom. The van der Waals surface area contributed by atoms with Crippen LogP contribution < -0.4 is 0 Å². The van der Waals surface area contributed by atoms with E-state index in [4.69, 9.17) is 2.74 Å². The maximum absolute atomic E-state index is 13.8. The Morgan fingerprint density at radius 3 is 2.73 bits per heavy atom. The molecule has 0 aromatic rings. The number of nitrogens with zero attached hydrogens (tertiary/aromatic N) is 1. The van der Waals surface area contributed by atoms with Crippen LogP contribution in [0.1, 0.15) is 56.1 Å². The molecule has 0 aromatic heterocycles. The molecule has 2 atom stereocenters. The van der Waals surface area contributed by atoms with Gasteiger partial charge in [-0.25, -0.2) is 4.39 Å². The van der Waals surface area contributed by atoms with E-state index in [2.05, 4.69) is 18.7 Å². The summed E-state index contributed by atoms with van der Waals surface area (Å²) in [5.41, 5.74) is -0.646. The van der Waals surface area contributed by atoms with Crippen LogP contribution in [0.4, 0.5) is 4.39 Å². The maximum Gasteiger partial charge on any atom is 0.115 e. The van der Waals surface area contributed by atoms with E-state index >= 15 is 0 Å². The molecule has 0 spiro atoms. The van der Waals surface area contributed by atoms with Crippen molar-refractivity contribution in [3.63, 3.8) is 0 Å². The second-order valence-corrected chi connectivity index (χ2v) is 6.06. The highest BCUT2D eigenvalue weighted by molar-refractivity contribution is 5.10. The van der Waals surface area contributed by atoms with E-state index in [-0.39, 0.29) is 11.5 Å². The minimum absolute atomic E-state index is 0.0664. The van der Waals surface area contributed by atoms with Crippen LogP contribution in [0, 0.1) is 5.92 Å². The molecule has 0 amide bonds. The summed E-state index contributed by atoms with van der Waals surface area (Å²) in [6.07, 6.45) is -0.0794. The fourth-order valence-corrected chi connectivity index (χ4v) is 3.37. The topological polar surface area (TPSA) is 3.24 Å². The van der Waals surface area contributed by atoms with Crippen molar-refractivity contribution in [1.82, 2.24) is 4.90 Å². The molecule has 0 radical (unpaired) electrons. The van der Waals surface area contributed by atoms with Crippen LogP contribution >= 0.6 is 0 Å². The molecule has 0 aliphatic carbocycles. The normalized spacial score (nSPS) is 42.9. The van der Waals surface area contributed by atoms with Gasteiger partial charge in [0.15, 0.2) is 0 Å². The van der Waals surface area contributed by atoms with Crippen molar-refractivity contribution >= 4 is 0 Å². The van der Waals surface area contributed by atoms with Crippen molar-refractivity contribution in [2.75, 3.05) is 6.54 Å². The quantitative estimate of drug-likeness (QED) is 0.682. The van der Waals surface area contributed by atoms with Crippen LogP contribution in [0.3, 0.4) is 0 Å². The third-order valence-electron chi connectivity index (χ3n) is 3.89. The van der Waals surface area contributed by atoms with Crippen LogP contribution in [0.2, 0.25) is 0 Å². The molecular formula is C13H24FN. The first-order chi connectivity index (χ1) is 7.63. The SMILES string of the molecule is [2H]C([2H])(C(C)C)[C@@]12CCC(C)(C)N1C[C@H](F)C2. The Labute approximate surface area is 95.8 Å². The number of halogens is 1. The predicted octanol–water partition coefficient (Wildman–Crippen LogP) is 3.39. The van der Waals surface area contributed by atoms with Gasteiger partial charge in [-0.05, 0) is 45.4 Å². The molecule has 2 fully saturated rings. The van der Waals surface area contributed by atoms with E-state index in [9.17, 15) is 4.39 Å². The summed E-state index contributed by atoms with van der Waals surface area (Å²) < 4.78 is 30.7. The minimum atomic E-state index is -1.32. The van der Waals surface area contributed by atoms with Gasteiger partial charge in [-0.2, -0.15) is 0 Å².